The van der Waals surface area contributed by atoms with Gasteiger partial charge in [-0.25, -0.2) is 4.39 Å². The first-order valence-electron chi connectivity index (χ1n) is 8.55. The maximum absolute atomic E-state index is 14.6. The Bertz CT molecular complexity index is 1050. The number of rotatable bonds is 2. The summed E-state index contributed by atoms with van der Waals surface area (Å²) >= 11 is 0. The molecule has 2 heterocycles. The van der Waals surface area contributed by atoms with Gasteiger partial charge in [0.2, 0.25) is 6.79 Å². The molecular formula is C21H15FN2O3. The maximum Gasteiger partial charge on any atom is 0.262 e. The van der Waals surface area contributed by atoms with E-state index in [-0.39, 0.29) is 18.5 Å². The summed E-state index contributed by atoms with van der Waals surface area (Å²) in [4.78, 5) is 14.8. The highest BCUT2D eigenvalue weighted by Crippen LogP contribution is 2.41. The van der Waals surface area contributed by atoms with E-state index < -0.39 is 6.17 Å². The summed E-state index contributed by atoms with van der Waals surface area (Å²) < 4.78 is 25.4. The van der Waals surface area contributed by atoms with Crippen LogP contribution >= 0.6 is 0 Å². The Morgan fingerprint density at radius 1 is 0.963 bits per heavy atom. The van der Waals surface area contributed by atoms with Crippen molar-refractivity contribution in [2.45, 2.75) is 6.17 Å². The molecular weight excluding hydrogens is 347 g/mol. The van der Waals surface area contributed by atoms with Gasteiger partial charge in [0.25, 0.3) is 5.91 Å². The van der Waals surface area contributed by atoms with E-state index in [9.17, 15) is 9.18 Å². The molecule has 0 saturated carbocycles. The molecule has 5 rings (SSSR count). The third-order valence-corrected chi connectivity index (χ3v) is 4.76. The summed E-state index contributed by atoms with van der Waals surface area (Å²) in [5.41, 5.74) is 2.19. The van der Waals surface area contributed by atoms with Crippen LogP contribution in [0, 0.1) is 5.82 Å². The van der Waals surface area contributed by atoms with Crippen molar-refractivity contribution in [2.75, 3.05) is 17.0 Å². The zero-order valence-electron chi connectivity index (χ0n) is 14.2. The van der Waals surface area contributed by atoms with Gasteiger partial charge >= 0.3 is 0 Å². The number of hydrogen-bond acceptors (Lipinski definition) is 4. The first-order chi connectivity index (χ1) is 13.2. The minimum atomic E-state index is -0.686. The minimum absolute atomic E-state index is 0.143. The number of hydrogen-bond donors (Lipinski definition) is 1. The summed E-state index contributed by atoms with van der Waals surface area (Å²) in [6.45, 7) is 0.143. The molecule has 0 fully saturated rings. The van der Waals surface area contributed by atoms with E-state index in [0.29, 0.717) is 34.0 Å². The van der Waals surface area contributed by atoms with E-state index in [1.165, 1.54) is 6.07 Å². The summed E-state index contributed by atoms with van der Waals surface area (Å²) in [6.07, 6.45) is -0.686. The number of carbonyl (C=O) groups excluding carboxylic acids is 1. The molecule has 1 atom stereocenters. The van der Waals surface area contributed by atoms with Crippen molar-refractivity contribution in [2.24, 2.45) is 0 Å². The molecule has 3 aromatic carbocycles. The van der Waals surface area contributed by atoms with Gasteiger partial charge in [0.05, 0.1) is 11.3 Å². The largest absolute Gasteiger partial charge is 0.454 e. The van der Waals surface area contributed by atoms with E-state index in [1.54, 1.807) is 53.4 Å². The predicted molar refractivity (Wildman–Crippen MR) is 98.6 cm³/mol. The Labute approximate surface area is 154 Å². The predicted octanol–water partition coefficient (Wildman–Crippen LogP) is 4.33. The summed E-state index contributed by atoms with van der Waals surface area (Å²) in [7, 11) is 0. The number of para-hydroxylation sites is 1. The van der Waals surface area contributed by atoms with Crippen molar-refractivity contribution in [1.82, 2.24) is 0 Å². The van der Waals surface area contributed by atoms with Crippen LogP contribution < -0.4 is 19.7 Å². The number of nitrogens with one attached hydrogen (secondary N) is 1. The molecule has 2 aliphatic heterocycles. The third kappa shape index (κ3) is 2.49. The monoisotopic (exact) mass is 362 g/mol. The normalized spacial score (nSPS) is 17.4. The molecule has 27 heavy (non-hydrogen) atoms. The van der Waals surface area contributed by atoms with Gasteiger partial charge in [-0.2, -0.15) is 0 Å². The highest BCUT2D eigenvalue weighted by atomic mass is 19.1. The van der Waals surface area contributed by atoms with Crippen LogP contribution in [-0.2, 0) is 0 Å². The van der Waals surface area contributed by atoms with Crippen molar-refractivity contribution in [3.63, 3.8) is 0 Å². The van der Waals surface area contributed by atoms with Crippen LogP contribution in [0.4, 0.5) is 15.8 Å². The third-order valence-electron chi connectivity index (χ3n) is 4.76. The van der Waals surface area contributed by atoms with Gasteiger partial charge in [-0.05, 0) is 30.3 Å². The fourth-order valence-electron chi connectivity index (χ4n) is 3.47. The van der Waals surface area contributed by atoms with Crippen molar-refractivity contribution in [3.05, 3.63) is 83.7 Å². The molecule has 134 valence electrons. The van der Waals surface area contributed by atoms with Gasteiger partial charge in [-0.15, -0.1) is 0 Å². The Hall–Kier alpha value is -3.54. The molecule has 1 N–H and O–H groups in total. The zero-order valence-corrected chi connectivity index (χ0v) is 14.2. The highest BCUT2D eigenvalue weighted by Gasteiger charge is 2.35. The second kappa shape index (κ2) is 6.02. The average molecular weight is 362 g/mol. The molecule has 3 aromatic rings. The fraction of sp³-hybridized carbons (Fsp3) is 0.0952. The lowest BCUT2D eigenvalue weighted by Crippen LogP contribution is -2.43. The van der Waals surface area contributed by atoms with Crippen LogP contribution in [0.3, 0.4) is 0 Å². The van der Waals surface area contributed by atoms with Crippen LogP contribution in [0.15, 0.2) is 66.7 Å². The quantitative estimate of drug-likeness (QED) is 0.737. The molecule has 1 amide bonds. The molecule has 0 unspecified atom stereocenters. The van der Waals surface area contributed by atoms with Gasteiger partial charge in [0, 0.05) is 17.3 Å². The zero-order chi connectivity index (χ0) is 18.4. The Balaban J connectivity index is 1.67. The van der Waals surface area contributed by atoms with E-state index in [4.69, 9.17) is 9.47 Å². The van der Waals surface area contributed by atoms with E-state index >= 15 is 0 Å². The Kier molecular flexibility index (Phi) is 3.50. The topological polar surface area (TPSA) is 50.8 Å². The maximum atomic E-state index is 14.6. The van der Waals surface area contributed by atoms with Gasteiger partial charge in [0.1, 0.15) is 12.0 Å². The summed E-state index contributed by atoms with van der Waals surface area (Å²) in [5, 5.41) is 3.29. The molecule has 2 aliphatic rings. The number of fused-ring (bicyclic) bond motifs is 2. The molecule has 0 spiro atoms. The van der Waals surface area contributed by atoms with Crippen LogP contribution in [0.5, 0.6) is 11.5 Å². The second-order valence-electron chi connectivity index (χ2n) is 6.33. The standard InChI is InChI=1S/C21H15FN2O3/c22-16-7-3-1-5-14(16)20-23-17-8-4-2-6-15(17)21(25)24(20)13-9-10-18-19(11-13)27-12-26-18/h1-11,20,23H,12H2/t20-/m0/s1. The van der Waals surface area contributed by atoms with E-state index in [2.05, 4.69) is 5.32 Å². The lowest BCUT2D eigenvalue weighted by atomic mass is 10.0. The molecule has 5 nitrogen and oxygen atoms in total. The molecule has 0 aliphatic carbocycles. The lowest BCUT2D eigenvalue weighted by molar-refractivity contribution is 0.0974. The number of amides is 1. The molecule has 6 heteroatoms. The number of halogens is 1. The van der Waals surface area contributed by atoms with Gasteiger partial charge in [-0.1, -0.05) is 30.3 Å². The highest BCUT2D eigenvalue weighted by molar-refractivity contribution is 6.12. The molecule has 0 aromatic heterocycles. The first kappa shape index (κ1) is 15.7. The summed E-state index contributed by atoms with van der Waals surface area (Å²) in [6, 6.07) is 18.9. The van der Waals surface area contributed by atoms with Crippen LogP contribution in [-0.4, -0.2) is 12.7 Å². The Morgan fingerprint density at radius 2 is 1.74 bits per heavy atom. The van der Waals surface area contributed by atoms with Crippen LogP contribution in [0.25, 0.3) is 0 Å². The van der Waals surface area contributed by atoms with Crippen molar-refractivity contribution >= 4 is 17.3 Å². The first-order valence-corrected chi connectivity index (χ1v) is 8.55. The average Bonchev–Trinajstić information content (AvgIpc) is 3.16. The van der Waals surface area contributed by atoms with Gasteiger partial charge < -0.3 is 14.8 Å². The van der Waals surface area contributed by atoms with E-state index in [1.807, 2.05) is 12.1 Å². The number of benzene rings is 3. The number of carbonyl (C=O) groups is 1. The van der Waals surface area contributed by atoms with Gasteiger partial charge in [0.15, 0.2) is 11.5 Å². The van der Waals surface area contributed by atoms with Gasteiger partial charge in [-0.3, -0.25) is 9.69 Å². The number of ether oxygens (including phenoxy) is 2. The minimum Gasteiger partial charge on any atom is -0.454 e. The molecule has 0 bridgehead atoms. The van der Waals surface area contributed by atoms with E-state index in [0.717, 1.165) is 0 Å². The Morgan fingerprint density at radius 3 is 2.63 bits per heavy atom. The van der Waals surface area contributed by atoms with Crippen LogP contribution in [0.1, 0.15) is 22.1 Å². The molecule has 0 radical (unpaired) electrons. The smallest absolute Gasteiger partial charge is 0.262 e. The van der Waals surface area contributed by atoms with Crippen molar-refractivity contribution in [3.8, 4) is 11.5 Å². The summed E-state index contributed by atoms with van der Waals surface area (Å²) in [5.74, 6) is 0.592. The number of anilines is 2. The lowest BCUT2D eigenvalue weighted by Gasteiger charge is -2.38. The van der Waals surface area contributed by atoms with Crippen molar-refractivity contribution < 1.29 is 18.7 Å². The van der Waals surface area contributed by atoms with Crippen LogP contribution in [0.2, 0.25) is 0 Å². The SMILES string of the molecule is O=C1c2ccccc2N[C@H](c2ccccc2F)N1c1ccc2c(c1)OCO2. The second-order valence-corrected chi connectivity index (χ2v) is 6.33. The van der Waals surface area contributed by atoms with Crippen molar-refractivity contribution in [1.29, 1.82) is 0 Å². The number of nitrogens with zero attached hydrogens (tertiary/aromatic N) is 1. The fourth-order valence-corrected chi connectivity index (χ4v) is 3.47. The molecule has 0 saturated heterocycles.